The second kappa shape index (κ2) is 5.97. The Morgan fingerprint density at radius 1 is 1.33 bits per heavy atom. The third-order valence-electron chi connectivity index (χ3n) is 1.74. The zero-order chi connectivity index (χ0) is 12.0. The molecule has 2 atom stereocenters. The summed E-state index contributed by atoms with van der Waals surface area (Å²) in [5.41, 5.74) is 5.35. The first-order valence-electron chi connectivity index (χ1n) is 4.35. The molecule has 7 heteroatoms. The first-order chi connectivity index (χ1) is 6.84. The van der Waals surface area contributed by atoms with E-state index in [1.165, 1.54) is 6.92 Å². The molecule has 2 unspecified atom stereocenters. The lowest BCUT2D eigenvalue weighted by Crippen LogP contribution is -2.47. The Bertz CT molecular complexity index is 266. The average molecular weight is 218 g/mol. The Hall–Kier alpha value is -1.63. The van der Waals surface area contributed by atoms with Crippen molar-refractivity contribution in [3.8, 4) is 0 Å². The van der Waals surface area contributed by atoms with Crippen LogP contribution in [-0.4, -0.2) is 40.1 Å². The lowest BCUT2D eigenvalue weighted by atomic mass is 10.1. The summed E-state index contributed by atoms with van der Waals surface area (Å²) < 4.78 is 0. The van der Waals surface area contributed by atoms with Crippen LogP contribution in [0.3, 0.4) is 0 Å². The molecule has 0 aromatic rings. The van der Waals surface area contributed by atoms with Crippen molar-refractivity contribution in [2.24, 2.45) is 5.73 Å². The largest absolute Gasteiger partial charge is 0.481 e. The number of aliphatic carboxylic acids is 2. The van der Waals surface area contributed by atoms with Gasteiger partial charge < -0.3 is 21.3 Å². The van der Waals surface area contributed by atoms with Crippen LogP contribution in [0.25, 0.3) is 0 Å². The van der Waals surface area contributed by atoms with Gasteiger partial charge in [-0.05, 0) is 13.3 Å². The van der Waals surface area contributed by atoms with E-state index in [1.807, 2.05) is 0 Å². The molecule has 0 rings (SSSR count). The van der Waals surface area contributed by atoms with Gasteiger partial charge in [-0.3, -0.25) is 14.4 Å². The van der Waals surface area contributed by atoms with Gasteiger partial charge in [-0.2, -0.15) is 0 Å². The van der Waals surface area contributed by atoms with E-state index < -0.39 is 29.9 Å². The van der Waals surface area contributed by atoms with Gasteiger partial charge in [0.25, 0.3) is 0 Å². The molecule has 0 aromatic carbocycles. The molecule has 0 bridgehead atoms. The summed E-state index contributed by atoms with van der Waals surface area (Å²) in [5, 5.41) is 19.0. The molecule has 86 valence electrons. The zero-order valence-corrected chi connectivity index (χ0v) is 8.27. The molecule has 0 radical (unpaired) electrons. The van der Waals surface area contributed by atoms with E-state index in [4.69, 9.17) is 15.9 Å². The Morgan fingerprint density at radius 2 is 1.87 bits per heavy atom. The summed E-state index contributed by atoms with van der Waals surface area (Å²) in [5.74, 6) is -2.88. The van der Waals surface area contributed by atoms with Gasteiger partial charge in [0.2, 0.25) is 5.91 Å². The number of nitrogens with one attached hydrogen (secondary N) is 1. The quantitative estimate of drug-likeness (QED) is 0.441. The first-order valence-corrected chi connectivity index (χ1v) is 4.35. The van der Waals surface area contributed by atoms with Crippen LogP contribution in [0.1, 0.15) is 19.8 Å². The van der Waals surface area contributed by atoms with Crippen molar-refractivity contribution in [1.82, 2.24) is 5.32 Å². The number of rotatable bonds is 6. The Kier molecular flexibility index (Phi) is 5.32. The molecule has 7 nitrogen and oxygen atoms in total. The van der Waals surface area contributed by atoms with Crippen LogP contribution in [0.4, 0.5) is 0 Å². The Labute approximate surface area is 86.3 Å². The Balaban J connectivity index is 3.99. The van der Waals surface area contributed by atoms with Crippen LogP contribution in [0, 0.1) is 0 Å². The molecule has 1 amide bonds. The normalized spacial score (nSPS) is 14.0. The topological polar surface area (TPSA) is 130 Å². The molecule has 0 saturated heterocycles. The molecule has 0 saturated carbocycles. The first kappa shape index (κ1) is 13.4. The number of carbonyl (C=O) groups excluding carboxylic acids is 1. The van der Waals surface area contributed by atoms with E-state index >= 15 is 0 Å². The lowest BCUT2D eigenvalue weighted by molar-refractivity contribution is -0.142. The zero-order valence-electron chi connectivity index (χ0n) is 8.27. The van der Waals surface area contributed by atoms with Crippen molar-refractivity contribution < 1.29 is 24.6 Å². The monoisotopic (exact) mass is 218 g/mol. The minimum atomic E-state index is -1.17. The fraction of sp³-hybridized carbons (Fsp3) is 0.625. The number of carbonyl (C=O) groups is 3. The van der Waals surface area contributed by atoms with E-state index in [0.29, 0.717) is 0 Å². The van der Waals surface area contributed by atoms with Crippen LogP contribution < -0.4 is 11.1 Å². The maximum atomic E-state index is 11.2. The number of carboxylic acid groups (broad SMARTS) is 2. The summed E-state index contributed by atoms with van der Waals surface area (Å²) in [6.45, 7) is 1.30. The van der Waals surface area contributed by atoms with E-state index in [9.17, 15) is 14.4 Å². The highest BCUT2D eigenvalue weighted by molar-refractivity contribution is 5.86. The highest BCUT2D eigenvalue weighted by Gasteiger charge is 2.19. The van der Waals surface area contributed by atoms with Gasteiger partial charge >= 0.3 is 11.9 Å². The number of hydrogen-bond donors (Lipinski definition) is 4. The number of hydrogen-bond acceptors (Lipinski definition) is 4. The van der Waals surface area contributed by atoms with Crippen LogP contribution in [0.2, 0.25) is 0 Å². The standard InChI is InChI=1S/C8H14N2O5/c1-4(8(14)15)10-7(13)5(9)2-3-6(11)12/h4-5H,2-3,9H2,1H3,(H,10,13)(H,11,12)(H,14,15). The maximum absolute atomic E-state index is 11.2. The lowest BCUT2D eigenvalue weighted by Gasteiger charge is -2.13. The van der Waals surface area contributed by atoms with E-state index in [0.717, 1.165) is 0 Å². The van der Waals surface area contributed by atoms with Crippen molar-refractivity contribution in [1.29, 1.82) is 0 Å². The molecular weight excluding hydrogens is 204 g/mol. The van der Waals surface area contributed by atoms with Crippen LogP contribution >= 0.6 is 0 Å². The molecule has 0 aliphatic rings. The minimum absolute atomic E-state index is 0.0203. The summed E-state index contributed by atoms with van der Waals surface area (Å²) in [6, 6.07) is -2.03. The minimum Gasteiger partial charge on any atom is -0.481 e. The molecule has 0 aliphatic heterocycles. The second-order valence-corrected chi connectivity index (χ2v) is 3.11. The fourth-order valence-electron chi connectivity index (χ4n) is 0.792. The van der Waals surface area contributed by atoms with Crippen LogP contribution in [-0.2, 0) is 14.4 Å². The molecule has 5 N–H and O–H groups in total. The Morgan fingerprint density at radius 3 is 2.27 bits per heavy atom. The van der Waals surface area contributed by atoms with Crippen molar-refractivity contribution in [2.45, 2.75) is 31.8 Å². The molecule has 0 aromatic heterocycles. The van der Waals surface area contributed by atoms with E-state index in [2.05, 4.69) is 5.32 Å². The molecular formula is C8H14N2O5. The van der Waals surface area contributed by atoms with Gasteiger partial charge in [-0.25, -0.2) is 0 Å². The van der Waals surface area contributed by atoms with Gasteiger partial charge in [0.15, 0.2) is 0 Å². The van der Waals surface area contributed by atoms with Gasteiger partial charge in [0.1, 0.15) is 6.04 Å². The summed E-state index contributed by atoms with van der Waals surface area (Å²) in [4.78, 5) is 31.7. The number of nitrogens with two attached hydrogens (primary N) is 1. The SMILES string of the molecule is CC(NC(=O)C(N)CCC(=O)O)C(=O)O. The van der Waals surface area contributed by atoms with Gasteiger partial charge in [0, 0.05) is 6.42 Å². The molecule has 0 aliphatic carbocycles. The highest BCUT2D eigenvalue weighted by atomic mass is 16.4. The summed E-state index contributed by atoms with van der Waals surface area (Å²) >= 11 is 0. The number of amides is 1. The number of carboxylic acids is 2. The molecule has 0 spiro atoms. The van der Waals surface area contributed by atoms with Crippen LogP contribution in [0.15, 0.2) is 0 Å². The highest BCUT2D eigenvalue weighted by Crippen LogP contribution is 1.95. The third kappa shape index (κ3) is 5.63. The van der Waals surface area contributed by atoms with Gasteiger partial charge in [-0.1, -0.05) is 0 Å². The maximum Gasteiger partial charge on any atom is 0.325 e. The van der Waals surface area contributed by atoms with Gasteiger partial charge in [-0.15, -0.1) is 0 Å². The van der Waals surface area contributed by atoms with Gasteiger partial charge in [0.05, 0.1) is 6.04 Å². The molecule has 15 heavy (non-hydrogen) atoms. The fourth-order valence-corrected chi connectivity index (χ4v) is 0.792. The van der Waals surface area contributed by atoms with Crippen LogP contribution in [0.5, 0.6) is 0 Å². The van der Waals surface area contributed by atoms with E-state index in [-0.39, 0.29) is 12.8 Å². The third-order valence-corrected chi connectivity index (χ3v) is 1.74. The molecule has 0 heterocycles. The predicted octanol–water partition coefficient (Wildman–Crippen LogP) is -1.23. The summed E-state index contributed by atoms with van der Waals surface area (Å²) in [7, 11) is 0. The summed E-state index contributed by atoms with van der Waals surface area (Å²) in [6.07, 6.45) is -0.246. The van der Waals surface area contributed by atoms with E-state index in [1.54, 1.807) is 0 Å². The second-order valence-electron chi connectivity index (χ2n) is 3.11. The van der Waals surface area contributed by atoms with Crippen molar-refractivity contribution in [3.63, 3.8) is 0 Å². The van der Waals surface area contributed by atoms with Crippen molar-refractivity contribution in [3.05, 3.63) is 0 Å². The van der Waals surface area contributed by atoms with Crippen molar-refractivity contribution in [2.75, 3.05) is 0 Å². The van der Waals surface area contributed by atoms with Crippen molar-refractivity contribution >= 4 is 17.8 Å². The predicted molar refractivity (Wildman–Crippen MR) is 50.1 cm³/mol. The average Bonchev–Trinajstić information content (AvgIpc) is 2.13. The smallest absolute Gasteiger partial charge is 0.325 e. The molecule has 0 fully saturated rings.